The fourth-order valence-electron chi connectivity index (χ4n) is 4.26. The van der Waals surface area contributed by atoms with Gasteiger partial charge in [-0.15, -0.1) is 0 Å². The molecule has 32 heavy (non-hydrogen) atoms. The van der Waals surface area contributed by atoms with Gasteiger partial charge in [0.1, 0.15) is 5.60 Å². The Labute approximate surface area is 198 Å². The van der Waals surface area contributed by atoms with E-state index >= 15 is 0 Å². The highest BCUT2D eigenvalue weighted by Gasteiger charge is 2.34. The summed E-state index contributed by atoms with van der Waals surface area (Å²) in [7, 11) is 0. The van der Waals surface area contributed by atoms with Crippen molar-refractivity contribution in [2.75, 3.05) is 31.1 Å². The minimum Gasteiger partial charge on any atom is -0.384 e. The van der Waals surface area contributed by atoms with Crippen molar-refractivity contribution in [2.24, 2.45) is 0 Å². The minimum atomic E-state index is -1.02. The van der Waals surface area contributed by atoms with Crippen LogP contribution in [0.1, 0.15) is 29.7 Å². The van der Waals surface area contributed by atoms with E-state index in [-0.39, 0.29) is 6.04 Å². The number of anilines is 1. The van der Waals surface area contributed by atoms with Crippen molar-refractivity contribution >= 4 is 28.9 Å². The van der Waals surface area contributed by atoms with E-state index in [1.807, 2.05) is 49.4 Å². The SMILES string of the molecule is C[C@](O)(CN1CCN(c2ccc(C#N)cc2Cl)[C@H](c2ccc(Cl)cc2)C1)c1cccnc1. The number of halogens is 2. The Morgan fingerprint density at radius 3 is 2.59 bits per heavy atom. The largest absolute Gasteiger partial charge is 0.384 e. The van der Waals surface area contributed by atoms with Crippen LogP contribution in [0.3, 0.4) is 0 Å². The number of rotatable bonds is 5. The first-order chi connectivity index (χ1) is 15.4. The number of aromatic nitrogens is 1. The molecule has 0 radical (unpaired) electrons. The first-order valence-corrected chi connectivity index (χ1v) is 11.2. The number of hydrogen-bond donors (Lipinski definition) is 1. The predicted octanol–water partition coefficient (Wildman–Crippen LogP) is 5.03. The molecule has 2 aromatic carbocycles. The van der Waals surface area contributed by atoms with Gasteiger partial charge in [0, 0.05) is 49.2 Å². The summed E-state index contributed by atoms with van der Waals surface area (Å²) in [5, 5.41) is 21.6. The summed E-state index contributed by atoms with van der Waals surface area (Å²) in [6.45, 7) is 4.50. The highest BCUT2D eigenvalue weighted by atomic mass is 35.5. The van der Waals surface area contributed by atoms with Gasteiger partial charge in [-0.25, -0.2) is 0 Å². The van der Waals surface area contributed by atoms with E-state index < -0.39 is 5.60 Å². The maximum absolute atomic E-state index is 11.2. The van der Waals surface area contributed by atoms with Crippen LogP contribution in [0.4, 0.5) is 5.69 Å². The van der Waals surface area contributed by atoms with Crippen LogP contribution >= 0.6 is 23.2 Å². The molecule has 3 aromatic rings. The van der Waals surface area contributed by atoms with Crippen molar-refractivity contribution in [3.05, 3.63) is 93.7 Å². The monoisotopic (exact) mass is 466 g/mol. The summed E-state index contributed by atoms with van der Waals surface area (Å²) >= 11 is 12.7. The third kappa shape index (κ3) is 4.90. The van der Waals surface area contributed by atoms with Gasteiger partial charge in [0.05, 0.1) is 28.4 Å². The molecule has 0 amide bonds. The second-order valence-electron chi connectivity index (χ2n) is 8.29. The molecule has 1 aliphatic heterocycles. The number of nitrogens with zero attached hydrogens (tertiary/aromatic N) is 4. The van der Waals surface area contributed by atoms with Gasteiger partial charge in [-0.2, -0.15) is 5.26 Å². The van der Waals surface area contributed by atoms with Crippen molar-refractivity contribution in [3.8, 4) is 6.07 Å². The third-order valence-electron chi connectivity index (χ3n) is 5.92. The zero-order valence-electron chi connectivity index (χ0n) is 17.7. The molecule has 2 atom stereocenters. The summed E-state index contributed by atoms with van der Waals surface area (Å²) < 4.78 is 0. The Kier molecular flexibility index (Phi) is 6.68. The molecule has 0 saturated carbocycles. The molecule has 1 aromatic heterocycles. The molecular formula is C25H24Cl2N4O. The van der Waals surface area contributed by atoms with Gasteiger partial charge < -0.3 is 10.0 Å². The topological polar surface area (TPSA) is 63.4 Å². The fraction of sp³-hybridized carbons (Fsp3) is 0.280. The maximum Gasteiger partial charge on any atom is 0.101 e. The molecule has 1 fully saturated rings. The predicted molar refractivity (Wildman–Crippen MR) is 128 cm³/mol. The number of β-amino-alcohol motifs (C(OH)–C–C–N with tert-alkyl or cyclic N) is 1. The van der Waals surface area contributed by atoms with Gasteiger partial charge in [0.15, 0.2) is 0 Å². The molecule has 0 unspecified atom stereocenters. The lowest BCUT2D eigenvalue weighted by molar-refractivity contribution is 0.0100. The Bertz CT molecular complexity index is 1110. The van der Waals surface area contributed by atoms with Crippen LogP contribution in [-0.4, -0.2) is 41.2 Å². The maximum atomic E-state index is 11.2. The molecule has 7 heteroatoms. The molecular weight excluding hydrogens is 443 g/mol. The first kappa shape index (κ1) is 22.6. The second kappa shape index (κ2) is 9.48. The van der Waals surface area contributed by atoms with Gasteiger partial charge in [0.2, 0.25) is 0 Å². The molecule has 0 aliphatic carbocycles. The van der Waals surface area contributed by atoms with E-state index in [0.29, 0.717) is 28.7 Å². The number of benzene rings is 2. The van der Waals surface area contributed by atoms with E-state index in [2.05, 4.69) is 20.9 Å². The normalized spacial score (nSPS) is 18.7. The van der Waals surface area contributed by atoms with Crippen LogP contribution in [-0.2, 0) is 5.60 Å². The molecule has 164 valence electrons. The van der Waals surface area contributed by atoms with Crippen LogP contribution in [0.5, 0.6) is 0 Å². The van der Waals surface area contributed by atoms with Crippen LogP contribution < -0.4 is 4.90 Å². The summed E-state index contributed by atoms with van der Waals surface area (Å²) in [6, 6.07) is 19.1. The molecule has 0 spiro atoms. The van der Waals surface area contributed by atoms with Crippen LogP contribution in [0, 0.1) is 11.3 Å². The fourth-order valence-corrected chi connectivity index (χ4v) is 4.67. The van der Waals surface area contributed by atoms with E-state index in [0.717, 1.165) is 29.9 Å². The quantitative estimate of drug-likeness (QED) is 0.570. The van der Waals surface area contributed by atoms with Gasteiger partial charge in [0.25, 0.3) is 0 Å². The van der Waals surface area contributed by atoms with Crippen LogP contribution in [0.15, 0.2) is 67.0 Å². The van der Waals surface area contributed by atoms with E-state index in [1.165, 1.54) is 0 Å². The van der Waals surface area contributed by atoms with Crippen LogP contribution in [0.2, 0.25) is 10.0 Å². The van der Waals surface area contributed by atoms with Crippen molar-refractivity contribution in [1.82, 2.24) is 9.88 Å². The molecule has 2 heterocycles. The highest BCUT2D eigenvalue weighted by molar-refractivity contribution is 6.33. The zero-order chi connectivity index (χ0) is 22.7. The molecule has 5 nitrogen and oxygen atoms in total. The summed E-state index contributed by atoms with van der Waals surface area (Å²) in [5.74, 6) is 0. The average Bonchev–Trinajstić information content (AvgIpc) is 2.80. The molecule has 1 aliphatic rings. The average molecular weight is 467 g/mol. The van der Waals surface area contributed by atoms with Crippen molar-refractivity contribution < 1.29 is 5.11 Å². The standard InChI is InChI=1S/C25H24Cl2N4O/c1-25(32,20-3-2-10-29-15-20)17-30-11-12-31(23-9-4-18(14-28)13-22(23)27)24(16-30)19-5-7-21(26)8-6-19/h2-10,13,15,24,32H,11-12,16-17H2,1H3/t24-,25-/m0/s1. The number of piperazine rings is 1. The third-order valence-corrected chi connectivity index (χ3v) is 6.48. The van der Waals surface area contributed by atoms with Crippen LogP contribution in [0.25, 0.3) is 0 Å². The van der Waals surface area contributed by atoms with E-state index in [1.54, 1.807) is 24.5 Å². The van der Waals surface area contributed by atoms with Gasteiger partial charge in [-0.3, -0.25) is 9.88 Å². The highest BCUT2D eigenvalue weighted by Crippen LogP contribution is 2.36. The van der Waals surface area contributed by atoms with E-state index in [4.69, 9.17) is 23.2 Å². The van der Waals surface area contributed by atoms with E-state index in [9.17, 15) is 10.4 Å². The smallest absolute Gasteiger partial charge is 0.101 e. The Morgan fingerprint density at radius 2 is 1.94 bits per heavy atom. The Hall–Kier alpha value is -2.62. The zero-order valence-corrected chi connectivity index (χ0v) is 19.3. The number of pyridine rings is 1. The van der Waals surface area contributed by atoms with Gasteiger partial charge in [-0.05, 0) is 48.9 Å². The lowest BCUT2D eigenvalue weighted by Crippen LogP contribution is -2.52. The van der Waals surface area contributed by atoms with Crippen molar-refractivity contribution in [2.45, 2.75) is 18.6 Å². The Morgan fingerprint density at radius 1 is 1.16 bits per heavy atom. The summed E-state index contributed by atoms with van der Waals surface area (Å²) in [5.41, 5.74) is 2.31. The van der Waals surface area contributed by atoms with Crippen molar-refractivity contribution in [1.29, 1.82) is 5.26 Å². The van der Waals surface area contributed by atoms with Crippen molar-refractivity contribution in [3.63, 3.8) is 0 Å². The lowest BCUT2D eigenvalue weighted by Gasteiger charge is -2.45. The summed E-state index contributed by atoms with van der Waals surface area (Å²) in [6.07, 6.45) is 3.42. The summed E-state index contributed by atoms with van der Waals surface area (Å²) in [4.78, 5) is 8.68. The molecule has 0 bridgehead atoms. The molecule has 1 N–H and O–H groups in total. The van der Waals surface area contributed by atoms with Gasteiger partial charge in [-0.1, -0.05) is 41.4 Å². The van der Waals surface area contributed by atoms with Gasteiger partial charge >= 0.3 is 0 Å². The molecule has 1 saturated heterocycles. The Balaban J connectivity index is 1.63. The first-order valence-electron chi connectivity index (χ1n) is 10.4. The lowest BCUT2D eigenvalue weighted by atomic mass is 9.95. The minimum absolute atomic E-state index is 0.0103. The molecule has 4 rings (SSSR count). The number of hydrogen-bond acceptors (Lipinski definition) is 5. The number of nitriles is 1. The number of aliphatic hydroxyl groups is 1. The second-order valence-corrected chi connectivity index (χ2v) is 9.13.